The summed E-state index contributed by atoms with van der Waals surface area (Å²) in [5.41, 5.74) is 10.4. The zero-order chi connectivity index (χ0) is 41.4. The molecule has 2 aliphatic rings. The zero-order valence-electron chi connectivity index (χ0n) is 34.4. The van der Waals surface area contributed by atoms with E-state index in [0.29, 0.717) is 24.4 Å². The van der Waals surface area contributed by atoms with Crippen LogP contribution in [0.15, 0.2) is 71.5 Å². The van der Waals surface area contributed by atoms with Gasteiger partial charge in [0.2, 0.25) is 17.7 Å². The van der Waals surface area contributed by atoms with Crippen molar-refractivity contribution in [3.8, 4) is 22.4 Å². The van der Waals surface area contributed by atoms with Gasteiger partial charge in [0.05, 0.1) is 17.7 Å². The first-order valence-electron chi connectivity index (χ1n) is 20.3. The number of rotatable bonds is 10. The summed E-state index contributed by atoms with van der Waals surface area (Å²) in [5, 5.41) is 18.0. The third kappa shape index (κ3) is 8.49. The second kappa shape index (κ2) is 16.2. The number of amides is 3. The van der Waals surface area contributed by atoms with Crippen LogP contribution in [-0.4, -0.2) is 85.7 Å². The first kappa shape index (κ1) is 39.5. The molecule has 2 aliphatic heterocycles. The van der Waals surface area contributed by atoms with Crippen molar-refractivity contribution < 1.29 is 18.9 Å². The first-order chi connectivity index (χ1) is 28.3. The number of H-pyrrole nitrogens is 1. The Bertz CT molecular complexity index is 2530. The molecule has 0 radical (unpaired) electrons. The van der Waals surface area contributed by atoms with Crippen LogP contribution in [0.2, 0.25) is 0 Å². The van der Waals surface area contributed by atoms with Crippen molar-refractivity contribution >= 4 is 34.4 Å². The van der Waals surface area contributed by atoms with Gasteiger partial charge in [-0.2, -0.15) is 10.1 Å². The number of carbonyl (C=O) groups excluding carboxylic acids is 3. The highest BCUT2D eigenvalue weighted by Gasteiger charge is 2.30. The number of nitrogens with one attached hydrogen (secondary N) is 3. The number of piperazine rings is 1. The largest absolute Gasteiger partial charge is 0.369 e. The summed E-state index contributed by atoms with van der Waals surface area (Å²) in [6.07, 6.45) is 5.43. The Morgan fingerprint density at radius 2 is 1.69 bits per heavy atom. The first-order valence-corrected chi connectivity index (χ1v) is 20.3. The Balaban J connectivity index is 0.870. The number of aromatic nitrogens is 6. The normalized spacial score (nSPS) is 17.0. The number of hydrogen-bond acceptors (Lipinski definition) is 11. The molecule has 14 nitrogen and oxygen atoms in total. The standard InChI is InChI=1S/C45H50N10O4/c1-26-21-30(9-12-34(26)28(3)48-43(58)41-50-44(59-53-41)45(4,5)6)39-36-23-31(24-47-40(36)52-51-39)29-7-10-33(11-8-29)55-19-17-54(18-20-55)16-15-32-22-27(2)37(25-46-32)35-13-14-38(56)49-42(35)57/h7-12,21-25,28,35H,13-20H2,1-6H3,(H,48,58)(H,47,51,52)(H,49,56,57)/t28-,35?/m1/s1. The molecule has 6 heterocycles. The number of piperidine rings is 1. The molecule has 2 atom stereocenters. The van der Waals surface area contributed by atoms with Gasteiger partial charge < -0.3 is 14.7 Å². The van der Waals surface area contributed by atoms with Gasteiger partial charge in [0.25, 0.3) is 11.7 Å². The van der Waals surface area contributed by atoms with Gasteiger partial charge in [0.1, 0.15) is 0 Å². The summed E-state index contributed by atoms with van der Waals surface area (Å²) in [7, 11) is 0. The van der Waals surface area contributed by atoms with Crippen LogP contribution in [0.4, 0.5) is 5.69 Å². The predicted molar refractivity (Wildman–Crippen MR) is 225 cm³/mol. The van der Waals surface area contributed by atoms with Gasteiger partial charge in [-0.25, -0.2) is 4.98 Å². The molecule has 2 aromatic carbocycles. The highest BCUT2D eigenvalue weighted by molar-refractivity contribution is 6.01. The second-order valence-electron chi connectivity index (χ2n) is 16.8. The van der Waals surface area contributed by atoms with E-state index in [0.717, 1.165) is 94.9 Å². The average molecular weight is 795 g/mol. The number of nitrogens with zero attached hydrogens (tertiary/aromatic N) is 7. The maximum Gasteiger partial charge on any atom is 0.293 e. The minimum Gasteiger partial charge on any atom is -0.369 e. The van der Waals surface area contributed by atoms with Gasteiger partial charge in [-0.1, -0.05) is 50.2 Å². The number of pyridine rings is 2. The molecule has 0 saturated carbocycles. The fourth-order valence-corrected chi connectivity index (χ4v) is 8.04. The van der Waals surface area contributed by atoms with E-state index in [1.807, 2.05) is 66.1 Å². The maximum atomic E-state index is 12.9. The number of anilines is 1. The topological polar surface area (TPSA) is 175 Å². The van der Waals surface area contributed by atoms with Crippen LogP contribution in [-0.2, 0) is 21.4 Å². The third-order valence-corrected chi connectivity index (χ3v) is 11.5. The molecule has 0 aliphatic carbocycles. The van der Waals surface area contributed by atoms with Crippen LogP contribution >= 0.6 is 0 Å². The van der Waals surface area contributed by atoms with Crippen LogP contribution in [0.5, 0.6) is 0 Å². The highest BCUT2D eigenvalue weighted by atomic mass is 16.5. The van der Waals surface area contributed by atoms with E-state index in [4.69, 9.17) is 4.52 Å². The number of imide groups is 1. The van der Waals surface area contributed by atoms with Crippen molar-refractivity contribution in [3.05, 3.63) is 107 Å². The number of benzene rings is 2. The Kier molecular flexibility index (Phi) is 10.8. The lowest BCUT2D eigenvalue weighted by Crippen LogP contribution is -2.47. The van der Waals surface area contributed by atoms with Crippen LogP contribution in [0, 0.1) is 13.8 Å². The van der Waals surface area contributed by atoms with Gasteiger partial charge in [-0.3, -0.25) is 34.7 Å². The molecule has 0 bridgehead atoms. The second-order valence-corrected chi connectivity index (χ2v) is 16.8. The maximum absolute atomic E-state index is 12.9. The van der Waals surface area contributed by atoms with E-state index < -0.39 is 0 Å². The molecule has 304 valence electrons. The quantitative estimate of drug-likeness (QED) is 0.132. The molecule has 3 amide bonds. The Labute approximate surface area is 343 Å². The lowest BCUT2D eigenvalue weighted by atomic mass is 9.88. The Morgan fingerprint density at radius 3 is 2.39 bits per heavy atom. The van der Waals surface area contributed by atoms with E-state index in [1.165, 1.54) is 5.69 Å². The van der Waals surface area contributed by atoms with Gasteiger partial charge in [-0.05, 0) is 85.3 Å². The molecule has 6 aromatic rings. The fraction of sp³-hybridized carbons (Fsp3) is 0.378. The lowest BCUT2D eigenvalue weighted by molar-refractivity contribution is -0.134. The third-order valence-electron chi connectivity index (χ3n) is 11.5. The molecule has 2 saturated heterocycles. The average Bonchev–Trinajstić information content (AvgIpc) is 3.90. The minimum atomic E-state index is -0.386. The highest BCUT2D eigenvalue weighted by Crippen LogP contribution is 2.33. The lowest BCUT2D eigenvalue weighted by Gasteiger charge is -2.36. The smallest absolute Gasteiger partial charge is 0.293 e. The van der Waals surface area contributed by atoms with Crippen LogP contribution in [0.1, 0.15) is 97.0 Å². The SMILES string of the molecule is Cc1cc(CCN2CCN(c3ccc(-c4cnc5n[nH]c(-c6ccc([C@@H](C)NC(=O)c7noc(C(C)(C)C)n7)c(C)c6)c5c4)cc3)CC2)ncc1C1CCC(=O)NC1=O. The molecule has 1 unspecified atom stereocenters. The molecule has 59 heavy (non-hydrogen) atoms. The van der Waals surface area contributed by atoms with E-state index in [-0.39, 0.29) is 40.9 Å². The van der Waals surface area contributed by atoms with Crippen molar-refractivity contribution in [1.29, 1.82) is 0 Å². The minimum absolute atomic E-state index is 0.0200. The molecule has 14 heteroatoms. The Morgan fingerprint density at radius 1 is 0.932 bits per heavy atom. The van der Waals surface area contributed by atoms with E-state index in [9.17, 15) is 14.4 Å². The summed E-state index contributed by atoms with van der Waals surface area (Å²) in [6.45, 7) is 16.6. The van der Waals surface area contributed by atoms with Crippen molar-refractivity contribution in [1.82, 2.24) is 45.8 Å². The summed E-state index contributed by atoms with van der Waals surface area (Å²) in [4.78, 5) is 55.5. The van der Waals surface area contributed by atoms with Gasteiger partial charge in [-0.15, -0.1) is 0 Å². The molecule has 2 fully saturated rings. The zero-order valence-corrected chi connectivity index (χ0v) is 34.4. The van der Waals surface area contributed by atoms with Crippen LogP contribution < -0.4 is 15.5 Å². The number of aryl methyl sites for hydroxylation is 2. The van der Waals surface area contributed by atoms with Crippen LogP contribution in [0.25, 0.3) is 33.4 Å². The number of fused-ring (bicyclic) bond motifs is 1. The van der Waals surface area contributed by atoms with Gasteiger partial charge in [0.15, 0.2) is 5.65 Å². The molecule has 4 aromatic heterocycles. The van der Waals surface area contributed by atoms with E-state index in [1.54, 1.807) is 0 Å². The van der Waals surface area contributed by atoms with Crippen molar-refractivity contribution in [3.63, 3.8) is 0 Å². The summed E-state index contributed by atoms with van der Waals surface area (Å²) in [5.74, 6) is -0.688. The Hall–Kier alpha value is -6.28. The summed E-state index contributed by atoms with van der Waals surface area (Å²) < 4.78 is 5.31. The van der Waals surface area contributed by atoms with Crippen molar-refractivity contribution in [2.24, 2.45) is 0 Å². The fourth-order valence-electron chi connectivity index (χ4n) is 8.04. The number of carbonyl (C=O) groups is 3. The van der Waals surface area contributed by atoms with E-state index >= 15 is 0 Å². The van der Waals surface area contributed by atoms with Crippen LogP contribution in [0.3, 0.4) is 0 Å². The van der Waals surface area contributed by atoms with Gasteiger partial charge >= 0.3 is 0 Å². The van der Waals surface area contributed by atoms with Crippen molar-refractivity contribution in [2.45, 2.75) is 78.2 Å². The summed E-state index contributed by atoms with van der Waals surface area (Å²) in [6, 6.07) is 18.8. The van der Waals surface area contributed by atoms with Crippen molar-refractivity contribution in [2.75, 3.05) is 37.6 Å². The van der Waals surface area contributed by atoms with E-state index in [2.05, 4.69) is 93.2 Å². The molecule has 3 N–H and O–H groups in total. The summed E-state index contributed by atoms with van der Waals surface area (Å²) >= 11 is 0. The number of aromatic amines is 1. The molecular weight excluding hydrogens is 745 g/mol. The molecular formula is C45H50N10O4. The molecule has 8 rings (SSSR count). The van der Waals surface area contributed by atoms with Gasteiger partial charge in [0, 0.05) is 91.3 Å². The predicted octanol–water partition coefficient (Wildman–Crippen LogP) is 6.36. The molecule has 0 spiro atoms. The monoisotopic (exact) mass is 794 g/mol. The number of hydrogen-bond donors (Lipinski definition) is 3.